The number of nitrogens with one attached hydrogen (secondary N) is 5. The van der Waals surface area contributed by atoms with Crippen LogP contribution in [-0.4, -0.2) is 105 Å². The SMILES string of the molecule is CC[C@H](C)[C@H](NC(=O)CN)C(=O)N[C@@H](Cc1ccccc1)C(=O)N1[C@H]2Nc3ccccc3[C@@]2(CCC(C)CCCC(C)C)C[C@H]1C(=O)N[C@@H](CCC(=O)O)C(=O)N[C@@H](CCC(N)=O)C(=O)O. The summed E-state index contributed by atoms with van der Waals surface area (Å²) in [5.74, 6) is -6.67. The molecule has 0 radical (unpaired) electrons. The normalized spacial score (nSPS) is 20.0. The molecule has 11 N–H and O–H groups in total. The Kier molecular flexibility index (Phi) is 19.5. The van der Waals surface area contributed by atoms with Crippen LogP contribution in [0.5, 0.6) is 0 Å². The smallest absolute Gasteiger partial charge is 0.326 e. The first kappa shape index (κ1) is 52.6. The molecule has 6 amide bonds. The van der Waals surface area contributed by atoms with Crippen molar-refractivity contribution in [1.82, 2.24) is 26.2 Å². The van der Waals surface area contributed by atoms with Gasteiger partial charge in [-0.15, -0.1) is 0 Å². The van der Waals surface area contributed by atoms with Gasteiger partial charge in [0.2, 0.25) is 35.4 Å². The standard InChI is InChI=1S/C48H70N8O10/c1-6-30(5)41(55-39(58)27-49)44(63)53-36(25-31-15-8-7-9-16-31)45(64)56-37(43(62)51-34(20-22-40(59)60)42(61)52-35(46(65)66)19-21-38(50)57)26-48(24-23-29(4)14-12-13-28(2)3)32-17-10-11-18-33(32)54-47(48)56/h7-11,15-18,28-30,34-37,41,47,54H,6,12-14,19-27,49H2,1-5H3,(H2,50,57)(H,51,62)(H,52,61)(H,53,63)(H,55,58)(H,59,60)(H,65,66)/t29?,30-,34-,35-,36-,37-,41-,47+,48+/m0/s1. The van der Waals surface area contributed by atoms with Crippen molar-refractivity contribution in [3.05, 3.63) is 65.7 Å². The van der Waals surface area contributed by atoms with Crippen LogP contribution in [0, 0.1) is 17.8 Å². The van der Waals surface area contributed by atoms with Gasteiger partial charge < -0.3 is 53.2 Å². The maximum Gasteiger partial charge on any atom is 0.326 e. The van der Waals surface area contributed by atoms with Crippen molar-refractivity contribution in [2.24, 2.45) is 29.2 Å². The van der Waals surface area contributed by atoms with E-state index >= 15 is 4.79 Å². The Morgan fingerprint density at radius 1 is 0.788 bits per heavy atom. The summed E-state index contributed by atoms with van der Waals surface area (Å²) in [7, 11) is 0. The molecule has 18 heteroatoms. The molecule has 2 aliphatic rings. The molecular weight excluding hydrogens is 849 g/mol. The van der Waals surface area contributed by atoms with Crippen LogP contribution in [0.15, 0.2) is 54.6 Å². The summed E-state index contributed by atoms with van der Waals surface area (Å²) in [4.78, 5) is 108. The third kappa shape index (κ3) is 14.0. The zero-order valence-electron chi connectivity index (χ0n) is 38.8. The Balaban J connectivity index is 1.83. The molecule has 66 heavy (non-hydrogen) atoms. The molecule has 4 rings (SSSR count). The molecule has 0 spiro atoms. The molecule has 18 nitrogen and oxygen atoms in total. The predicted octanol–water partition coefficient (Wildman–Crippen LogP) is 2.92. The van der Waals surface area contributed by atoms with E-state index in [1.807, 2.05) is 37.3 Å². The first-order chi connectivity index (χ1) is 31.3. The summed E-state index contributed by atoms with van der Waals surface area (Å²) in [5.41, 5.74) is 12.4. The van der Waals surface area contributed by atoms with E-state index in [0.29, 0.717) is 24.3 Å². The van der Waals surface area contributed by atoms with Gasteiger partial charge in [-0.2, -0.15) is 0 Å². The monoisotopic (exact) mass is 919 g/mol. The average molecular weight is 919 g/mol. The molecular formula is C48H70N8O10. The summed E-state index contributed by atoms with van der Waals surface area (Å²) in [5, 5.41) is 33.6. The summed E-state index contributed by atoms with van der Waals surface area (Å²) < 4.78 is 0. The van der Waals surface area contributed by atoms with Crippen molar-refractivity contribution in [3.8, 4) is 0 Å². The van der Waals surface area contributed by atoms with E-state index in [0.717, 1.165) is 36.9 Å². The van der Waals surface area contributed by atoms with Gasteiger partial charge in [-0.1, -0.05) is 109 Å². The minimum atomic E-state index is -1.58. The molecule has 0 bridgehead atoms. The van der Waals surface area contributed by atoms with Crippen LogP contribution < -0.4 is 38.1 Å². The zero-order valence-corrected chi connectivity index (χ0v) is 38.8. The van der Waals surface area contributed by atoms with Gasteiger partial charge in [0.15, 0.2) is 0 Å². The summed E-state index contributed by atoms with van der Waals surface area (Å²) in [6.07, 6.45) is 2.41. The second kappa shape index (κ2) is 24.5. The third-order valence-electron chi connectivity index (χ3n) is 13.0. The molecule has 2 aliphatic heterocycles. The van der Waals surface area contributed by atoms with E-state index in [1.165, 1.54) is 4.90 Å². The number of para-hydroxylation sites is 1. The number of carboxylic acid groups (broad SMARTS) is 2. The number of hydrogen-bond donors (Lipinski definition) is 9. The molecule has 2 aromatic rings. The van der Waals surface area contributed by atoms with Crippen molar-refractivity contribution < 1.29 is 48.6 Å². The van der Waals surface area contributed by atoms with Crippen molar-refractivity contribution >= 4 is 53.1 Å². The fourth-order valence-corrected chi connectivity index (χ4v) is 9.10. The van der Waals surface area contributed by atoms with Crippen LogP contribution in [0.2, 0.25) is 0 Å². The maximum atomic E-state index is 15.6. The maximum absolute atomic E-state index is 15.6. The van der Waals surface area contributed by atoms with Gasteiger partial charge in [-0.05, 0) is 67.1 Å². The Hall–Kier alpha value is -6.04. The number of nitrogens with zero attached hydrogens (tertiary/aromatic N) is 1. The van der Waals surface area contributed by atoms with Crippen molar-refractivity contribution in [1.29, 1.82) is 0 Å². The molecule has 2 aromatic carbocycles. The first-order valence-corrected chi connectivity index (χ1v) is 23.2. The second-order valence-corrected chi connectivity index (χ2v) is 18.5. The summed E-state index contributed by atoms with van der Waals surface area (Å²) in [6, 6.07) is 9.87. The number of carboxylic acids is 2. The van der Waals surface area contributed by atoms with Gasteiger partial charge in [0.05, 0.1) is 6.54 Å². The number of carbonyl (C=O) groups is 8. The fraction of sp³-hybridized carbons (Fsp3) is 0.583. The van der Waals surface area contributed by atoms with Crippen molar-refractivity contribution in [3.63, 3.8) is 0 Å². The third-order valence-corrected chi connectivity index (χ3v) is 13.0. The van der Waals surface area contributed by atoms with E-state index in [-0.39, 0.29) is 44.1 Å². The fourth-order valence-electron chi connectivity index (χ4n) is 9.10. The number of hydrogen-bond acceptors (Lipinski definition) is 10. The minimum absolute atomic E-state index is 0.000606. The number of amides is 6. The second-order valence-electron chi connectivity index (χ2n) is 18.5. The van der Waals surface area contributed by atoms with Gasteiger partial charge in [-0.3, -0.25) is 33.6 Å². The number of benzene rings is 2. The molecule has 0 aliphatic carbocycles. The predicted molar refractivity (Wildman–Crippen MR) is 247 cm³/mol. The lowest BCUT2D eigenvalue weighted by molar-refractivity contribution is -0.145. The number of rotatable bonds is 27. The lowest BCUT2D eigenvalue weighted by Crippen LogP contribution is -2.62. The molecule has 0 saturated carbocycles. The number of fused-ring (bicyclic) bond motifs is 3. The van der Waals surface area contributed by atoms with Crippen LogP contribution in [0.1, 0.15) is 116 Å². The van der Waals surface area contributed by atoms with E-state index in [2.05, 4.69) is 47.4 Å². The highest BCUT2D eigenvalue weighted by molar-refractivity contribution is 5.98. The van der Waals surface area contributed by atoms with Crippen LogP contribution in [0.3, 0.4) is 0 Å². The number of aliphatic carboxylic acids is 2. The summed E-state index contributed by atoms with van der Waals surface area (Å²) in [6.45, 7) is 9.85. The number of primary amides is 1. The highest BCUT2D eigenvalue weighted by Gasteiger charge is 2.61. The van der Waals surface area contributed by atoms with Crippen molar-refractivity contribution in [2.75, 3.05) is 11.9 Å². The molecule has 1 fully saturated rings. The number of anilines is 1. The molecule has 9 atom stereocenters. The molecule has 2 heterocycles. The lowest BCUT2D eigenvalue weighted by Gasteiger charge is -2.36. The largest absolute Gasteiger partial charge is 0.481 e. The van der Waals surface area contributed by atoms with Crippen molar-refractivity contribution in [2.45, 2.75) is 153 Å². The van der Waals surface area contributed by atoms with Gasteiger partial charge in [0.25, 0.3) is 0 Å². The Bertz CT molecular complexity index is 2030. The van der Waals surface area contributed by atoms with Gasteiger partial charge >= 0.3 is 11.9 Å². The molecule has 362 valence electrons. The van der Waals surface area contributed by atoms with Crippen LogP contribution >= 0.6 is 0 Å². The first-order valence-electron chi connectivity index (χ1n) is 23.2. The van der Waals surface area contributed by atoms with Crippen LogP contribution in [0.4, 0.5) is 5.69 Å². The average Bonchev–Trinajstić information content (AvgIpc) is 3.77. The van der Waals surface area contributed by atoms with Crippen LogP contribution in [0.25, 0.3) is 0 Å². The minimum Gasteiger partial charge on any atom is -0.481 e. The van der Waals surface area contributed by atoms with Gasteiger partial charge in [0.1, 0.15) is 36.4 Å². The lowest BCUT2D eigenvalue weighted by atomic mass is 9.73. The topological polar surface area (TPSA) is 292 Å². The highest BCUT2D eigenvalue weighted by Crippen LogP contribution is 2.54. The van der Waals surface area contributed by atoms with E-state index in [9.17, 15) is 43.8 Å². The number of likely N-dealkylation sites (tertiary alicyclic amines) is 1. The molecule has 1 saturated heterocycles. The van der Waals surface area contributed by atoms with Gasteiger partial charge in [-0.25, -0.2) is 4.79 Å². The Morgan fingerprint density at radius 2 is 1.44 bits per heavy atom. The van der Waals surface area contributed by atoms with Crippen LogP contribution in [-0.2, 0) is 50.2 Å². The van der Waals surface area contributed by atoms with E-state index < -0.39 is 102 Å². The Morgan fingerprint density at radius 3 is 2.06 bits per heavy atom. The Labute approximate surface area is 387 Å². The van der Waals surface area contributed by atoms with E-state index in [1.54, 1.807) is 31.2 Å². The number of carbonyl (C=O) groups excluding carboxylic acids is 6. The number of nitrogens with two attached hydrogens (primary N) is 2. The summed E-state index contributed by atoms with van der Waals surface area (Å²) >= 11 is 0. The quantitative estimate of drug-likeness (QED) is 0.0626. The van der Waals surface area contributed by atoms with E-state index in [4.69, 9.17) is 11.5 Å². The molecule has 0 aromatic heterocycles. The zero-order chi connectivity index (χ0) is 48.7. The highest BCUT2D eigenvalue weighted by atomic mass is 16.4. The van der Waals surface area contributed by atoms with Gasteiger partial charge in [0, 0.05) is 30.4 Å². The molecule has 1 unspecified atom stereocenters.